The Bertz CT molecular complexity index is 1300. The minimum atomic E-state index is -0.519. The zero-order valence-electron chi connectivity index (χ0n) is 18.2. The molecule has 0 unspecified atom stereocenters. The second-order valence-corrected chi connectivity index (χ2v) is 7.19. The van der Waals surface area contributed by atoms with E-state index in [-0.39, 0.29) is 23.7 Å². The summed E-state index contributed by atoms with van der Waals surface area (Å²) in [5.74, 6) is 0.281. The molecular weight excluding hydrogens is 439 g/mol. The fourth-order valence-electron chi connectivity index (χ4n) is 3.14. The molecule has 0 fully saturated rings. The number of nitrogens with one attached hydrogen (secondary N) is 2. The van der Waals surface area contributed by atoms with Gasteiger partial charge in [-0.15, -0.1) is 0 Å². The average molecular weight is 460 g/mol. The molecule has 0 atom stereocenters. The maximum atomic E-state index is 13.0. The van der Waals surface area contributed by atoms with E-state index in [1.165, 1.54) is 30.3 Å². The Morgan fingerprint density at radius 3 is 2.44 bits per heavy atom. The number of ether oxygens (including phenoxy) is 2. The van der Waals surface area contributed by atoms with E-state index < -0.39 is 11.8 Å². The van der Waals surface area contributed by atoms with Crippen LogP contribution in [0.25, 0.3) is 0 Å². The Morgan fingerprint density at radius 1 is 0.853 bits per heavy atom. The van der Waals surface area contributed by atoms with Gasteiger partial charge in [0.05, 0.1) is 18.4 Å². The number of benzene rings is 3. The topological polar surface area (TPSA) is 89.8 Å². The van der Waals surface area contributed by atoms with E-state index in [2.05, 4.69) is 10.6 Å². The van der Waals surface area contributed by atoms with Gasteiger partial charge in [0.15, 0.2) is 5.76 Å². The number of hydrogen-bond donors (Lipinski definition) is 2. The number of amides is 2. The number of hydrogen-bond acceptors (Lipinski definition) is 5. The molecule has 1 aromatic heterocycles. The molecule has 0 aliphatic rings. The van der Waals surface area contributed by atoms with Crippen LogP contribution >= 0.6 is 0 Å². The van der Waals surface area contributed by atoms with Gasteiger partial charge in [-0.1, -0.05) is 18.2 Å². The molecule has 0 saturated heterocycles. The summed E-state index contributed by atoms with van der Waals surface area (Å²) in [4.78, 5) is 25.6. The van der Waals surface area contributed by atoms with Crippen LogP contribution in [0, 0.1) is 5.82 Å². The summed E-state index contributed by atoms with van der Waals surface area (Å²) in [5, 5.41) is 5.50. The van der Waals surface area contributed by atoms with Crippen molar-refractivity contribution in [3.63, 3.8) is 0 Å². The van der Waals surface area contributed by atoms with Gasteiger partial charge in [-0.3, -0.25) is 9.59 Å². The number of anilines is 2. The van der Waals surface area contributed by atoms with Crippen LogP contribution in [-0.2, 0) is 6.61 Å². The zero-order valence-corrected chi connectivity index (χ0v) is 18.2. The quantitative estimate of drug-likeness (QED) is 0.362. The predicted molar refractivity (Wildman–Crippen MR) is 125 cm³/mol. The first-order valence-electron chi connectivity index (χ1n) is 10.3. The Kier molecular flexibility index (Phi) is 6.88. The largest absolute Gasteiger partial charge is 0.497 e. The second-order valence-electron chi connectivity index (χ2n) is 7.19. The number of methoxy groups -OCH3 is 1. The summed E-state index contributed by atoms with van der Waals surface area (Å²) in [6, 6.07) is 22.3. The van der Waals surface area contributed by atoms with Crippen LogP contribution in [0.5, 0.6) is 11.5 Å². The van der Waals surface area contributed by atoms with Gasteiger partial charge in [-0.05, 0) is 60.7 Å². The third-order valence-electron chi connectivity index (χ3n) is 4.83. The zero-order chi connectivity index (χ0) is 23.9. The third-order valence-corrected chi connectivity index (χ3v) is 4.83. The highest BCUT2D eigenvalue weighted by Crippen LogP contribution is 2.22. The average Bonchev–Trinajstić information content (AvgIpc) is 3.33. The molecule has 0 aliphatic heterocycles. The first-order chi connectivity index (χ1) is 16.5. The molecule has 0 spiro atoms. The lowest BCUT2D eigenvalue weighted by molar-refractivity contribution is 0.0992. The first-order valence-corrected chi connectivity index (χ1v) is 10.3. The number of carbonyl (C=O) groups is 2. The normalized spacial score (nSPS) is 10.4. The van der Waals surface area contributed by atoms with E-state index in [1.54, 1.807) is 61.7 Å². The molecular formula is C26H21FN2O5. The highest BCUT2D eigenvalue weighted by molar-refractivity contribution is 6.12. The smallest absolute Gasteiger partial charge is 0.291 e. The van der Waals surface area contributed by atoms with Crippen LogP contribution in [0.1, 0.15) is 26.7 Å². The van der Waals surface area contributed by atoms with Crippen LogP contribution in [0.15, 0.2) is 89.3 Å². The summed E-state index contributed by atoms with van der Waals surface area (Å²) < 4.78 is 29.3. The first kappa shape index (κ1) is 22.6. The van der Waals surface area contributed by atoms with Crippen LogP contribution in [-0.4, -0.2) is 18.9 Å². The lowest BCUT2D eigenvalue weighted by Crippen LogP contribution is -2.18. The molecule has 0 aliphatic carbocycles. The number of furan rings is 1. The molecule has 4 aromatic rings. The SMILES string of the molecule is COc1cccc(NC(=O)c2ccccc2NC(=O)c2ccc(COc3ccc(F)cc3)o2)c1. The maximum Gasteiger partial charge on any atom is 0.291 e. The molecule has 172 valence electrons. The number of carbonyl (C=O) groups excluding carboxylic acids is 2. The maximum absolute atomic E-state index is 13.0. The van der Waals surface area contributed by atoms with E-state index in [0.717, 1.165) is 0 Å². The molecule has 0 bridgehead atoms. The van der Waals surface area contributed by atoms with Gasteiger partial charge < -0.3 is 24.5 Å². The number of para-hydroxylation sites is 1. The Balaban J connectivity index is 1.41. The van der Waals surface area contributed by atoms with Crippen LogP contribution in [0.4, 0.5) is 15.8 Å². The van der Waals surface area contributed by atoms with E-state index in [4.69, 9.17) is 13.9 Å². The summed E-state index contributed by atoms with van der Waals surface area (Å²) >= 11 is 0. The second kappa shape index (κ2) is 10.4. The van der Waals surface area contributed by atoms with Gasteiger partial charge in [0.2, 0.25) is 0 Å². The molecule has 0 saturated carbocycles. The summed E-state index contributed by atoms with van der Waals surface area (Å²) in [6.45, 7) is 0.0679. The van der Waals surface area contributed by atoms with Crippen molar-refractivity contribution in [1.82, 2.24) is 0 Å². The van der Waals surface area contributed by atoms with E-state index in [0.29, 0.717) is 28.6 Å². The van der Waals surface area contributed by atoms with Crippen molar-refractivity contribution in [3.05, 3.63) is 108 Å². The Hall–Kier alpha value is -4.59. The predicted octanol–water partition coefficient (Wildman–Crippen LogP) is 5.51. The van der Waals surface area contributed by atoms with Gasteiger partial charge in [-0.25, -0.2) is 4.39 Å². The highest BCUT2D eigenvalue weighted by Gasteiger charge is 2.17. The monoisotopic (exact) mass is 460 g/mol. The molecule has 8 heteroatoms. The van der Waals surface area contributed by atoms with Gasteiger partial charge in [0.1, 0.15) is 29.7 Å². The van der Waals surface area contributed by atoms with E-state index in [1.807, 2.05) is 0 Å². The van der Waals surface area contributed by atoms with Crippen molar-refractivity contribution >= 4 is 23.2 Å². The molecule has 2 amide bonds. The fraction of sp³-hybridized carbons (Fsp3) is 0.0769. The van der Waals surface area contributed by atoms with Crippen molar-refractivity contribution in [1.29, 1.82) is 0 Å². The minimum Gasteiger partial charge on any atom is -0.497 e. The van der Waals surface area contributed by atoms with E-state index >= 15 is 0 Å². The molecule has 2 N–H and O–H groups in total. The lowest BCUT2D eigenvalue weighted by Gasteiger charge is -2.11. The van der Waals surface area contributed by atoms with Crippen molar-refractivity contribution < 1.29 is 27.9 Å². The molecule has 4 rings (SSSR count). The van der Waals surface area contributed by atoms with Crippen molar-refractivity contribution in [2.75, 3.05) is 17.7 Å². The van der Waals surface area contributed by atoms with Crippen LogP contribution in [0.2, 0.25) is 0 Å². The molecule has 0 radical (unpaired) electrons. The Labute approximate surface area is 195 Å². The summed E-state index contributed by atoms with van der Waals surface area (Å²) in [5.41, 5.74) is 1.17. The van der Waals surface area contributed by atoms with Crippen molar-refractivity contribution in [2.24, 2.45) is 0 Å². The van der Waals surface area contributed by atoms with Crippen molar-refractivity contribution in [3.8, 4) is 11.5 Å². The molecule has 1 heterocycles. The molecule has 7 nitrogen and oxygen atoms in total. The van der Waals surface area contributed by atoms with Crippen LogP contribution < -0.4 is 20.1 Å². The van der Waals surface area contributed by atoms with Gasteiger partial charge in [0.25, 0.3) is 11.8 Å². The Morgan fingerprint density at radius 2 is 1.65 bits per heavy atom. The van der Waals surface area contributed by atoms with Gasteiger partial charge >= 0.3 is 0 Å². The van der Waals surface area contributed by atoms with Gasteiger partial charge in [0, 0.05) is 11.8 Å². The molecule has 3 aromatic carbocycles. The third kappa shape index (κ3) is 5.60. The number of halogens is 1. The molecule has 34 heavy (non-hydrogen) atoms. The number of rotatable bonds is 8. The summed E-state index contributed by atoms with van der Waals surface area (Å²) in [7, 11) is 1.54. The van der Waals surface area contributed by atoms with Crippen molar-refractivity contribution in [2.45, 2.75) is 6.61 Å². The fourth-order valence-corrected chi connectivity index (χ4v) is 3.14. The van der Waals surface area contributed by atoms with Gasteiger partial charge in [-0.2, -0.15) is 0 Å². The van der Waals surface area contributed by atoms with Crippen LogP contribution in [0.3, 0.4) is 0 Å². The lowest BCUT2D eigenvalue weighted by atomic mass is 10.1. The standard InChI is InChI=1S/C26H21FN2O5/c1-32-20-6-4-5-18(15-20)28-25(30)22-7-2-3-8-23(22)29-26(31)24-14-13-21(34-24)16-33-19-11-9-17(27)10-12-19/h2-15H,16H2,1H3,(H,28,30)(H,29,31). The highest BCUT2D eigenvalue weighted by atomic mass is 19.1. The minimum absolute atomic E-state index is 0.0562. The van der Waals surface area contributed by atoms with E-state index in [9.17, 15) is 14.0 Å². The summed E-state index contributed by atoms with van der Waals surface area (Å²) in [6.07, 6.45) is 0.